The van der Waals surface area contributed by atoms with Gasteiger partial charge in [0.15, 0.2) is 11.5 Å². The summed E-state index contributed by atoms with van der Waals surface area (Å²) < 4.78 is 18.5. The first-order valence-corrected chi connectivity index (χ1v) is 13.7. The average Bonchev–Trinajstić information content (AvgIpc) is 2.89. The highest BCUT2D eigenvalue weighted by Gasteiger charge is 2.29. The maximum Gasteiger partial charge on any atom is 0.320 e. The lowest BCUT2D eigenvalue weighted by Crippen LogP contribution is -2.42. The van der Waals surface area contributed by atoms with Crippen molar-refractivity contribution >= 4 is 44.3 Å². The largest absolute Gasteiger partial charge is 0.493 e. The Bertz CT molecular complexity index is 1200. The van der Waals surface area contributed by atoms with Crippen LogP contribution in [0.2, 0.25) is 0 Å². The molecule has 1 saturated heterocycles. The molecule has 0 aliphatic carbocycles. The summed E-state index contributed by atoms with van der Waals surface area (Å²) in [4.78, 5) is 23.0. The van der Waals surface area contributed by atoms with E-state index in [0.717, 1.165) is 59.8 Å². The third-order valence-corrected chi connectivity index (χ3v) is 7.17. The van der Waals surface area contributed by atoms with E-state index >= 15 is 0 Å². The van der Waals surface area contributed by atoms with Gasteiger partial charge >= 0.3 is 5.97 Å². The number of hydrogen-bond acceptors (Lipinski definition) is 8. The second kappa shape index (κ2) is 13.1. The Morgan fingerprint density at radius 1 is 1.16 bits per heavy atom. The van der Waals surface area contributed by atoms with E-state index in [9.17, 15) is 4.79 Å². The fourth-order valence-electron chi connectivity index (χ4n) is 4.83. The van der Waals surface area contributed by atoms with Gasteiger partial charge in [-0.3, -0.25) is 9.69 Å². The number of esters is 1. The van der Waals surface area contributed by atoms with E-state index in [0.29, 0.717) is 36.4 Å². The summed E-state index contributed by atoms with van der Waals surface area (Å²) in [5, 5.41) is 4.23. The minimum absolute atomic E-state index is 0.0576. The molecule has 1 unspecified atom stereocenters. The molecule has 0 radical (unpaired) electrons. The summed E-state index contributed by atoms with van der Waals surface area (Å²) in [5.74, 6) is 2.29. The normalized spacial score (nSPS) is 15.4. The number of nitrogens with zero attached hydrogens (tertiary/aromatic N) is 3. The van der Waals surface area contributed by atoms with Gasteiger partial charge in [-0.25, -0.2) is 9.97 Å². The van der Waals surface area contributed by atoms with E-state index in [4.69, 9.17) is 14.2 Å². The summed E-state index contributed by atoms with van der Waals surface area (Å²) >= 11 is 3.51. The molecule has 0 amide bonds. The molecule has 0 spiro atoms. The van der Waals surface area contributed by atoms with E-state index in [1.54, 1.807) is 13.4 Å². The van der Waals surface area contributed by atoms with Gasteiger partial charge in [0, 0.05) is 21.6 Å². The zero-order valence-corrected chi connectivity index (χ0v) is 23.3. The number of halogens is 1. The van der Waals surface area contributed by atoms with Crippen molar-refractivity contribution in [1.82, 2.24) is 14.9 Å². The van der Waals surface area contributed by atoms with E-state index in [1.165, 1.54) is 0 Å². The van der Waals surface area contributed by atoms with Crippen LogP contribution in [0, 0.1) is 5.92 Å². The van der Waals surface area contributed by atoms with E-state index in [2.05, 4.69) is 43.0 Å². The summed E-state index contributed by atoms with van der Waals surface area (Å²) in [5.41, 5.74) is 1.70. The molecule has 2 aromatic carbocycles. The van der Waals surface area contributed by atoms with Crippen LogP contribution in [0.5, 0.6) is 11.5 Å². The third kappa shape index (κ3) is 7.11. The summed E-state index contributed by atoms with van der Waals surface area (Å²) in [7, 11) is 1.65. The Labute approximate surface area is 226 Å². The number of ether oxygens (including phenoxy) is 3. The van der Waals surface area contributed by atoms with E-state index in [-0.39, 0.29) is 12.1 Å². The highest BCUT2D eigenvalue weighted by Crippen LogP contribution is 2.37. The third-order valence-electron chi connectivity index (χ3n) is 6.68. The van der Waals surface area contributed by atoms with Gasteiger partial charge in [-0.2, -0.15) is 0 Å². The first-order valence-electron chi connectivity index (χ1n) is 12.9. The first kappa shape index (κ1) is 27.1. The zero-order chi connectivity index (χ0) is 26.2. The van der Waals surface area contributed by atoms with Gasteiger partial charge < -0.3 is 19.5 Å². The van der Waals surface area contributed by atoms with Crippen molar-refractivity contribution in [3.8, 4) is 11.5 Å². The monoisotopic (exact) mass is 570 g/mol. The summed E-state index contributed by atoms with van der Waals surface area (Å²) in [6.45, 7) is 6.51. The van der Waals surface area contributed by atoms with Crippen LogP contribution >= 0.6 is 15.9 Å². The second-order valence-corrected chi connectivity index (χ2v) is 10.2. The van der Waals surface area contributed by atoms with Crippen LogP contribution < -0.4 is 14.8 Å². The Kier molecular flexibility index (Phi) is 9.57. The molecule has 2 heterocycles. The average molecular weight is 572 g/mol. The second-order valence-electron chi connectivity index (χ2n) is 9.24. The van der Waals surface area contributed by atoms with Crippen LogP contribution in [0.1, 0.15) is 39.5 Å². The van der Waals surface area contributed by atoms with Crippen molar-refractivity contribution in [2.45, 2.75) is 45.6 Å². The van der Waals surface area contributed by atoms with E-state index < -0.39 is 0 Å². The molecule has 1 fully saturated rings. The molecule has 8 nitrogen and oxygen atoms in total. The topological polar surface area (TPSA) is 85.8 Å². The summed E-state index contributed by atoms with van der Waals surface area (Å²) in [6.07, 6.45) is 5.53. The van der Waals surface area contributed by atoms with Crippen LogP contribution in [-0.4, -0.2) is 60.3 Å². The van der Waals surface area contributed by atoms with Crippen LogP contribution in [0.4, 0.5) is 11.5 Å². The summed E-state index contributed by atoms with van der Waals surface area (Å²) in [6, 6.07) is 11.8. The van der Waals surface area contributed by atoms with Gasteiger partial charge in [0.05, 0.1) is 25.8 Å². The lowest BCUT2D eigenvalue weighted by molar-refractivity contribution is -0.144. The van der Waals surface area contributed by atoms with Crippen LogP contribution in [0.3, 0.4) is 0 Å². The Morgan fingerprint density at radius 2 is 1.97 bits per heavy atom. The van der Waals surface area contributed by atoms with Gasteiger partial charge in [-0.05, 0) is 69.5 Å². The molecule has 37 heavy (non-hydrogen) atoms. The molecule has 1 aromatic heterocycles. The molecular formula is C28H35BrN4O4. The highest BCUT2D eigenvalue weighted by molar-refractivity contribution is 9.10. The molecule has 198 valence electrons. The van der Waals surface area contributed by atoms with Crippen molar-refractivity contribution in [2.24, 2.45) is 5.92 Å². The number of anilines is 2. The lowest BCUT2D eigenvalue weighted by Gasteiger charge is -2.35. The fraction of sp³-hybridized carbons (Fsp3) is 0.464. The van der Waals surface area contributed by atoms with Gasteiger partial charge in [-0.15, -0.1) is 0 Å². The zero-order valence-electron chi connectivity index (χ0n) is 21.7. The number of nitrogens with one attached hydrogen (secondary N) is 1. The Balaban J connectivity index is 1.51. The SMILES string of the molecule is CCCC(Oc1cc2ncnc(Nc3cccc(Br)c3)c2cc1OC)C1CCN(CC(=O)OCC)CC1. The maximum absolute atomic E-state index is 11.9. The van der Waals surface area contributed by atoms with Gasteiger partial charge in [0.2, 0.25) is 0 Å². The molecule has 1 aliphatic rings. The lowest BCUT2D eigenvalue weighted by atomic mass is 9.88. The van der Waals surface area contributed by atoms with Crippen molar-refractivity contribution in [1.29, 1.82) is 0 Å². The Hall–Kier alpha value is -2.91. The van der Waals surface area contributed by atoms with Crippen LogP contribution in [-0.2, 0) is 9.53 Å². The molecule has 0 bridgehead atoms. The van der Waals surface area contributed by atoms with Crippen molar-refractivity contribution in [3.05, 3.63) is 47.2 Å². The van der Waals surface area contributed by atoms with Crippen molar-refractivity contribution in [2.75, 3.05) is 38.7 Å². The number of benzene rings is 2. The number of carbonyl (C=O) groups is 1. The fourth-order valence-corrected chi connectivity index (χ4v) is 5.23. The van der Waals surface area contributed by atoms with Crippen molar-refractivity contribution < 1.29 is 19.0 Å². The highest BCUT2D eigenvalue weighted by atomic mass is 79.9. The van der Waals surface area contributed by atoms with Gasteiger partial charge in [-0.1, -0.05) is 35.3 Å². The number of carbonyl (C=O) groups excluding carboxylic acids is 1. The number of fused-ring (bicyclic) bond motifs is 1. The molecule has 1 atom stereocenters. The standard InChI is InChI=1S/C28H35BrN4O4/c1-4-7-24(19-10-12-33(13-11-19)17-27(34)36-5-2)37-26-16-23-22(15-25(26)35-3)28(31-18-30-23)32-21-9-6-8-20(29)14-21/h6,8-9,14-16,18-19,24H,4-5,7,10-13,17H2,1-3H3,(H,30,31,32). The predicted octanol–water partition coefficient (Wildman–Crippen LogP) is 5.97. The number of piperidine rings is 1. The van der Waals surface area contributed by atoms with Crippen LogP contribution in [0.15, 0.2) is 47.2 Å². The molecule has 0 saturated carbocycles. The number of likely N-dealkylation sites (tertiary alicyclic amines) is 1. The molecular weight excluding hydrogens is 536 g/mol. The quantitative estimate of drug-likeness (QED) is 0.282. The Morgan fingerprint density at radius 3 is 2.68 bits per heavy atom. The maximum atomic E-state index is 11.9. The predicted molar refractivity (Wildman–Crippen MR) is 149 cm³/mol. The van der Waals surface area contributed by atoms with Gasteiger partial charge in [0.1, 0.15) is 18.2 Å². The molecule has 4 rings (SSSR count). The number of aromatic nitrogens is 2. The van der Waals surface area contributed by atoms with Gasteiger partial charge in [0.25, 0.3) is 0 Å². The molecule has 9 heteroatoms. The molecule has 1 N–H and O–H groups in total. The smallest absolute Gasteiger partial charge is 0.320 e. The minimum Gasteiger partial charge on any atom is -0.493 e. The number of hydrogen-bond donors (Lipinski definition) is 1. The number of rotatable bonds is 11. The first-order chi connectivity index (χ1) is 18.0. The molecule has 1 aliphatic heterocycles. The molecule has 3 aromatic rings. The van der Waals surface area contributed by atoms with E-state index in [1.807, 2.05) is 43.3 Å². The van der Waals surface area contributed by atoms with Crippen LogP contribution in [0.25, 0.3) is 10.9 Å². The van der Waals surface area contributed by atoms with Crippen molar-refractivity contribution in [3.63, 3.8) is 0 Å². The minimum atomic E-state index is -0.154. The number of methoxy groups -OCH3 is 1.